The molecule has 0 saturated heterocycles. The Hall–Kier alpha value is -3.04. The summed E-state index contributed by atoms with van der Waals surface area (Å²) < 4.78 is 15.8. The summed E-state index contributed by atoms with van der Waals surface area (Å²) in [4.78, 5) is 11.8. The first-order valence-corrected chi connectivity index (χ1v) is 14.2. The Kier molecular flexibility index (Phi) is 10.0. The maximum atomic E-state index is 11.8. The standard InChI is InChI=1S/C16H14N4O3.C7H18OSi/c1-22-16(21)13-7-12(15-17-19-20-18-15)8-14(9-13)23-10-11-5-3-2-4-6-11;1-5-8-6-7-9(2,3)4/h2-9H,10H2,1H3,(H,17,18,19,20);5-7H2,1-4H3. The van der Waals surface area contributed by atoms with Gasteiger partial charge < -0.3 is 14.2 Å². The van der Waals surface area contributed by atoms with Crippen molar-refractivity contribution >= 4 is 14.0 Å². The van der Waals surface area contributed by atoms with E-state index in [1.807, 2.05) is 37.3 Å². The van der Waals surface area contributed by atoms with Crippen molar-refractivity contribution in [3.8, 4) is 17.1 Å². The summed E-state index contributed by atoms with van der Waals surface area (Å²) in [6, 6.07) is 16.0. The fourth-order valence-electron chi connectivity index (χ4n) is 2.59. The summed E-state index contributed by atoms with van der Waals surface area (Å²) in [5.74, 6) is 0.441. The minimum atomic E-state index is -0.819. The van der Waals surface area contributed by atoms with Gasteiger partial charge in [-0.3, -0.25) is 0 Å². The maximum Gasteiger partial charge on any atom is 0.338 e. The molecule has 0 aliphatic heterocycles. The van der Waals surface area contributed by atoms with Gasteiger partial charge in [0.2, 0.25) is 5.82 Å². The molecule has 0 radical (unpaired) electrons. The highest BCUT2D eigenvalue weighted by molar-refractivity contribution is 6.76. The molecule has 0 amide bonds. The van der Waals surface area contributed by atoms with Gasteiger partial charge in [0.15, 0.2) is 0 Å². The van der Waals surface area contributed by atoms with Gasteiger partial charge in [0.05, 0.1) is 12.7 Å². The molecule has 0 fully saturated rings. The van der Waals surface area contributed by atoms with Crippen molar-refractivity contribution in [2.75, 3.05) is 20.3 Å². The van der Waals surface area contributed by atoms with Gasteiger partial charge in [0.25, 0.3) is 0 Å². The number of carbonyl (C=O) groups is 1. The van der Waals surface area contributed by atoms with Crippen LogP contribution in [0.4, 0.5) is 0 Å². The van der Waals surface area contributed by atoms with E-state index in [2.05, 4.69) is 40.3 Å². The second-order valence-corrected chi connectivity index (χ2v) is 13.9. The van der Waals surface area contributed by atoms with Gasteiger partial charge >= 0.3 is 5.97 Å². The molecule has 2 aromatic carbocycles. The van der Waals surface area contributed by atoms with Crippen LogP contribution in [0.2, 0.25) is 25.7 Å². The number of tetrazole rings is 1. The second kappa shape index (κ2) is 12.7. The summed E-state index contributed by atoms with van der Waals surface area (Å²) >= 11 is 0. The van der Waals surface area contributed by atoms with E-state index in [9.17, 15) is 4.79 Å². The largest absolute Gasteiger partial charge is 0.489 e. The molecule has 0 aliphatic rings. The van der Waals surface area contributed by atoms with Crippen LogP contribution in [0.25, 0.3) is 11.4 Å². The Morgan fingerprint density at radius 3 is 2.44 bits per heavy atom. The highest BCUT2D eigenvalue weighted by Crippen LogP contribution is 2.24. The van der Waals surface area contributed by atoms with Crippen molar-refractivity contribution in [3.63, 3.8) is 0 Å². The summed E-state index contributed by atoms with van der Waals surface area (Å²) in [6.07, 6.45) is 0. The number of hydrogen-bond donors (Lipinski definition) is 1. The third-order valence-corrected chi connectivity index (χ3v) is 6.08. The molecule has 1 heterocycles. The van der Waals surface area contributed by atoms with Gasteiger partial charge in [-0.1, -0.05) is 50.0 Å². The Bertz CT molecular complexity index is 944. The highest BCUT2D eigenvalue weighted by Gasteiger charge is 2.13. The number of nitrogens with one attached hydrogen (secondary N) is 1. The SMILES string of the molecule is CCOCC[Si](C)(C)C.COC(=O)c1cc(OCc2ccccc2)cc(-c2nn[nH]n2)c1. The number of esters is 1. The summed E-state index contributed by atoms with van der Waals surface area (Å²) in [6.45, 7) is 11.4. The van der Waals surface area contributed by atoms with Crippen LogP contribution in [0, 0.1) is 0 Å². The Balaban J connectivity index is 0.000000344. The lowest BCUT2D eigenvalue weighted by Crippen LogP contribution is -2.21. The molecule has 8 nitrogen and oxygen atoms in total. The third kappa shape index (κ3) is 8.99. The number of nitrogens with zero attached hydrogens (tertiary/aromatic N) is 3. The molecular weight excluding hydrogens is 424 g/mol. The minimum Gasteiger partial charge on any atom is -0.489 e. The van der Waals surface area contributed by atoms with Crippen LogP contribution in [0.5, 0.6) is 5.75 Å². The average molecular weight is 457 g/mol. The predicted octanol–water partition coefficient (Wildman–Crippen LogP) is 4.59. The van der Waals surface area contributed by atoms with Crippen LogP contribution >= 0.6 is 0 Å². The van der Waals surface area contributed by atoms with Gasteiger partial charge in [-0.25, -0.2) is 4.79 Å². The van der Waals surface area contributed by atoms with Crippen LogP contribution in [-0.4, -0.2) is 55.0 Å². The lowest BCUT2D eigenvalue weighted by atomic mass is 10.1. The number of rotatable bonds is 9. The fourth-order valence-corrected chi connectivity index (χ4v) is 3.35. The van der Waals surface area contributed by atoms with Crippen molar-refractivity contribution in [1.29, 1.82) is 0 Å². The van der Waals surface area contributed by atoms with Crippen molar-refractivity contribution in [3.05, 3.63) is 59.7 Å². The van der Waals surface area contributed by atoms with E-state index in [4.69, 9.17) is 14.2 Å². The van der Waals surface area contributed by atoms with Crippen molar-refractivity contribution in [1.82, 2.24) is 20.6 Å². The first-order valence-electron chi connectivity index (χ1n) is 10.5. The molecule has 3 aromatic rings. The second-order valence-electron chi connectivity index (χ2n) is 8.25. The Morgan fingerprint density at radius 1 is 1.09 bits per heavy atom. The number of H-pyrrole nitrogens is 1. The number of methoxy groups -OCH3 is 1. The normalized spacial score (nSPS) is 10.8. The van der Waals surface area contributed by atoms with E-state index in [1.54, 1.807) is 18.2 Å². The summed E-state index contributed by atoms with van der Waals surface area (Å²) in [5.41, 5.74) is 2.00. The number of hydrogen-bond acceptors (Lipinski definition) is 7. The predicted molar refractivity (Wildman–Crippen MR) is 126 cm³/mol. The number of aromatic amines is 1. The molecule has 3 rings (SSSR count). The Morgan fingerprint density at radius 2 is 1.84 bits per heavy atom. The quantitative estimate of drug-likeness (QED) is 0.285. The smallest absolute Gasteiger partial charge is 0.338 e. The fraction of sp³-hybridized carbons (Fsp3) is 0.391. The topological polar surface area (TPSA) is 99.2 Å². The maximum absolute atomic E-state index is 11.8. The molecular formula is C23H32N4O4Si. The summed E-state index contributed by atoms with van der Waals surface area (Å²) in [5, 5.41) is 13.7. The molecule has 0 spiro atoms. The average Bonchev–Trinajstić information content (AvgIpc) is 3.33. The first kappa shape index (κ1) is 25.2. The van der Waals surface area contributed by atoms with Crippen LogP contribution in [0.1, 0.15) is 22.8 Å². The van der Waals surface area contributed by atoms with E-state index >= 15 is 0 Å². The number of ether oxygens (including phenoxy) is 3. The molecule has 0 atom stereocenters. The lowest BCUT2D eigenvalue weighted by Gasteiger charge is -2.14. The molecule has 0 saturated carbocycles. The van der Waals surface area contributed by atoms with E-state index in [-0.39, 0.29) is 0 Å². The minimum absolute atomic E-state index is 0.359. The third-order valence-electron chi connectivity index (χ3n) is 4.38. The molecule has 32 heavy (non-hydrogen) atoms. The molecule has 0 bridgehead atoms. The van der Waals surface area contributed by atoms with Gasteiger partial charge in [0.1, 0.15) is 12.4 Å². The zero-order valence-electron chi connectivity index (χ0n) is 19.4. The first-order chi connectivity index (χ1) is 15.3. The molecule has 9 heteroatoms. The molecule has 0 unspecified atom stereocenters. The van der Waals surface area contributed by atoms with Gasteiger partial charge in [-0.05, 0) is 41.9 Å². The monoisotopic (exact) mass is 456 g/mol. The summed E-state index contributed by atoms with van der Waals surface area (Å²) in [7, 11) is 0.508. The highest BCUT2D eigenvalue weighted by atomic mass is 28.3. The van der Waals surface area contributed by atoms with Crippen molar-refractivity contribution in [2.45, 2.75) is 39.2 Å². The van der Waals surface area contributed by atoms with E-state index in [1.165, 1.54) is 13.2 Å². The van der Waals surface area contributed by atoms with E-state index in [0.717, 1.165) is 18.8 Å². The van der Waals surface area contributed by atoms with Crippen LogP contribution in [0.3, 0.4) is 0 Å². The van der Waals surface area contributed by atoms with E-state index < -0.39 is 14.0 Å². The molecule has 1 N–H and O–H groups in total. The van der Waals surface area contributed by atoms with Gasteiger partial charge in [-0.15, -0.1) is 10.2 Å². The number of aromatic nitrogens is 4. The van der Waals surface area contributed by atoms with E-state index in [0.29, 0.717) is 29.3 Å². The number of benzene rings is 2. The van der Waals surface area contributed by atoms with Gasteiger partial charge in [0, 0.05) is 26.9 Å². The molecule has 1 aromatic heterocycles. The number of carbonyl (C=O) groups excluding carboxylic acids is 1. The van der Waals surface area contributed by atoms with Gasteiger partial charge in [-0.2, -0.15) is 5.21 Å². The van der Waals surface area contributed by atoms with Crippen LogP contribution < -0.4 is 4.74 Å². The van der Waals surface area contributed by atoms with Crippen LogP contribution in [-0.2, 0) is 16.1 Å². The lowest BCUT2D eigenvalue weighted by molar-refractivity contribution is 0.0600. The molecule has 0 aliphatic carbocycles. The zero-order chi connectivity index (χ0) is 23.4. The van der Waals surface area contributed by atoms with Crippen molar-refractivity contribution in [2.24, 2.45) is 0 Å². The van der Waals surface area contributed by atoms with Crippen molar-refractivity contribution < 1.29 is 19.0 Å². The molecule has 172 valence electrons. The zero-order valence-corrected chi connectivity index (χ0v) is 20.4. The van der Waals surface area contributed by atoms with Crippen LogP contribution in [0.15, 0.2) is 48.5 Å². The Labute approximate surface area is 190 Å².